The molecule has 0 amide bonds. The van der Waals surface area contributed by atoms with Crippen LogP contribution in [0.25, 0.3) is 5.69 Å². The topological polar surface area (TPSA) is 46.9 Å². The van der Waals surface area contributed by atoms with Gasteiger partial charge in [0.25, 0.3) is 5.56 Å². The molecule has 1 aromatic carbocycles. The Labute approximate surface area is 140 Å². The van der Waals surface area contributed by atoms with Gasteiger partial charge in [0.2, 0.25) is 0 Å². The number of hydrogen-bond donors (Lipinski definition) is 1. The molecule has 0 atom stereocenters. The molecule has 1 fully saturated rings. The van der Waals surface area contributed by atoms with Gasteiger partial charge in [-0.25, -0.2) is 8.78 Å². The summed E-state index contributed by atoms with van der Waals surface area (Å²) in [5.41, 5.74) is -0.389. The first-order valence-corrected chi connectivity index (χ1v) is 8.58. The Morgan fingerprint density at radius 3 is 2.78 bits per heavy atom. The van der Waals surface area contributed by atoms with Crippen molar-refractivity contribution in [2.75, 3.05) is 18.1 Å². The molecule has 8 heteroatoms. The number of benzene rings is 1. The fraction of sp³-hybridized carbons (Fsp3) is 0.333. The zero-order valence-electron chi connectivity index (χ0n) is 12.3. The number of thioether (sulfide) groups is 1. The summed E-state index contributed by atoms with van der Waals surface area (Å²) < 4.78 is 27.8. The van der Waals surface area contributed by atoms with Gasteiger partial charge in [-0.15, -0.1) is 0 Å². The van der Waals surface area contributed by atoms with Gasteiger partial charge >= 0.3 is 0 Å². The third kappa shape index (κ3) is 3.21. The highest BCUT2D eigenvalue weighted by atomic mass is 35.5. The summed E-state index contributed by atoms with van der Waals surface area (Å²) >= 11 is 7.86. The van der Waals surface area contributed by atoms with Crippen molar-refractivity contribution in [2.24, 2.45) is 0 Å². The molecule has 1 saturated carbocycles. The van der Waals surface area contributed by atoms with E-state index < -0.39 is 17.2 Å². The number of hydrogen-bond acceptors (Lipinski definition) is 4. The van der Waals surface area contributed by atoms with E-state index in [-0.39, 0.29) is 15.5 Å². The second-order valence-corrected chi connectivity index (χ2v) is 7.08. The first-order valence-electron chi connectivity index (χ1n) is 6.98. The molecule has 0 aliphatic heterocycles. The highest BCUT2D eigenvalue weighted by Crippen LogP contribution is 2.47. The quantitative estimate of drug-likeness (QED) is 0.890. The molecule has 0 unspecified atom stereocenters. The van der Waals surface area contributed by atoms with E-state index in [1.165, 1.54) is 6.20 Å². The molecule has 4 nitrogen and oxygen atoms in total. The summed E-state index contributed by atoms with van der Waals surface area (Å²) in [6.07, 6.45) is 5.65. The van der Waals surface area contributed by atoms with Crippen molar-refractivity contribution >= 4 is 29.1 Å². The lowest BCUT2D eigenvalue weighted by atomic mass is 10.3. The average Bonchev–Trinajstić information content (AvgIpc) is 3.30. The molecule has 1 aliphatic carbocycles. The fourth-order valence-corrected chi connectivity index (χ4v) is 3.15. The van der Waals surface area contributed by atoms with Gasteiger partial charge in [0.05, 0.1) is 11.9 Å². The van der Waals surface area contributed by atoms with Crippen LogP contribution in [0.2, 0.25) is 5.02 Å². The number of nitrogens with zero attached hydrogens (tertiary/aromatic N) is 2. The minimum Gasteiger partial charge on any atom is -0.381 e. The van der Waals surface area contributed by atoms with Crippen LogP contribution in [-0.2, 0) is 0 Å². The van der Waals surface area contributed by atoms with Crippen LogP contribution in [0.1, 0.15) is 12.8 Å². The van der Waals surface area contributed by atoms with E-state index in [0.29, 0.717) is 18.3 Å². The minimum atomic E-state index is -0.879. The number of halogens is 3. The van der Waals surface area contributed by atoms with E-state index >= 15 is 0 Å². The molecule has 1 N–H and O–H groups in total. The predicted molar refractivity (Wildman–Crippen MR) is 88.7 cm³/mol. The molecule has 1 aromatic heterocycles. The summed E-state index contributed by atoms with van der Waals surface area (Å²) in [5, 5.41) is 6.99. The van der Waals surface area contributed by atoms with Crippen molar-refractivity contribution in [3.8, 4) is 5.69 Å². The molecule has 1 heterocycles. The summed E-state index contributed by atoms with van der Waals surface area (Å²) in [6, 6.07) is 2.90. The highest BCUT2D eigenvalue weighted by molar-refractivity contribution is 8.00. The van der Waals surface area contributed by atoms with E-state index in [0.717, 1.165) is 29.7 Å². The van der Waals surface area contributed by atoms with E-state index in [2.05, 4.69) is 10.4 Å². The molecule has 1 aliphatic rings. The number of aromatic nitrogens is 2. The third-order valence-electron chi connectivity index (χ3n) is 3.90. The Morgan fingerprint density at radius 2 is 2.17 bits per heavy atom. The number of rotatable bonds is 5. The van der Waals surface area contributed by atoms with Crippen LogP contribution in [0.3, 0.4) is 0 Å². The van der Waals surface area contributed by atoms with Gasteiger partial charge in [-0.1, -0.05) is 11.6 Å². The van der Waals surface area contributed by atoms with Crippen LogP contribution in [0.5, 0.6) is 0 Å². The number of nitrogens with one attached hydrogen (secondary N) is 1. The summed E-state index contributed by atoms with van der Waals surface area (Å²) in [7, 11) is 0. The van der Waals surface area contributed by atoms with Crippen LogP contribution in [0, 0.1) is 11.6 Å². The van der Waals surface area contributed by atoms with Crippen molar-refractivity contribution in [1.82, 2.24) is 9.78 Å². The molecular formula is C15H14ClF2N3OS. The van der Waals surface area contributed by atoms with Gasteiger partial charge < -0.3 is 5.32 Å². The molecule has 23 heavy (non-hydrogen) atoms. The van der Waals surface area contributed by atoms with Crippen LogP contribution in [0.15, 0.2) is 29.2 Å². The maximum atomic E-state index is 13.8. The normalized spacial score (nSPS) is 15.5. The Balaban J connectivity index is 1.90. The van der Waals surface area contributed by atoms with Crippen molar-refractivity contribution in [2.45, 2.75) is 17.6 Å². The van der Waals surface area contributed by atoms with Crippen LogP contribution in [0.4, 0.5) is 14.5 Å². The lowest BCUT2D eigenvalue weighted by Gasteiger charge is -2.15. The highest BCUT2D eigenvalue weighted by Gasteiger charge is 2.41. The molecule has 0 saturated heterocycles. The smallest absolute Gasteiger partial charge is 0.292 e. The zero-order valence-corrected chi connectivity index (χ0v) is 13.8. The van der Waals surface area contributed by atoms with E-state index in [4.69, 9.17) is 11.6 Å². The Hall–Kier alpha value is -1.60. The second-order valence-electron chi connectivity index (χ2n) is 5.43. The van der Waals surface area contributed by atoms with Crippen molar-refractivity contribution < 1.29 is 8.78 Å². The largest absolute Gasteiger partial charge is 0.381 e. The number of anilines is 1. The van der Waals surface area contributed by atoms with Gasteiger partial charge in [0.15, 0.2) is 5.82 Å². The van der Waals surface area contributed by atoms with E-state index in [1.807, 2.05) is 6.26 Å². The predicted octanol–water partition coefficient (Wildman–Crippen LogP) is 3.47. The molecule has 0 spiro atoms. The van der Waals surface area contributed by atoms with Gasteiger partial charge in [0, 0.05) is 17.4 Å². The van der Waals surface area contributed by atoms with Crippen molar-refractivity contribution in [3.63, 3.8) is 0 Å². The summed E-state index contributed by atoms with van der Waals surface area (Å²) in [6.45, 7) is 0.684. The van der Waals surface area contributed by atoms with Crippen molar-refractivity contribution in [1.29, 1.82) is 0 Å². The van der Waals surface area contributed by atoms with Crippen molar-refractivity contribution in [3.05, 3.63) is 51.4 Å². The molecule has 122 valence electrons. The van der Waals surface area contributed by atoms with Gasteiger partial charge in [-0.3, -0.25) is 4.79 Å². The maximum absolute atomic E-state index is 13.8. The van der Waals surface area contributed by atoms with E-state index in [9.17, 15) is 13.6 Å². The fourth-order valence-electron chi connectivity index (χ4n) is 2.23. The van der Waals surface area contributed by atoms with Crippen LogP contribution >= 0.6 is 23.4 Å². The molecule has 2 aromatic rings. The van der Waals surface area contributed by atoms with Crippen LogP contribution < -0.4 is 10.9 Å². The second kappa shape index (κ2) is 6.13. The Kier molecular flexibility index (Phi) is 4.33. The zero-order chi connectivity index (χ0) is 16.6. The first kappa shape index (κ1) is 16.3. The van der Waals surface area contributed by atoms with Gasteiger partial charge in [0.1, 0.15) is 16.5 Å². The van der Waals surface area contributed by atoms with Crippen LogP contribution in [-0.4, -0.2) is 27.3 Å². The summed E-state index contributed by atoms with van der Waals surface area (Å²) in [5.74, 6) is -1.61. The van der Waals surface area contributed by atoms with Gasteiger partial charge in [-0.2, -0.15) is 21.5 Å². The molecule has 0 radical (unpaired) electrons. The molecule has 0 bridgehead atoms. The monoisotopic (exact) mass is 357 g/mol. The SMILES string of the molecule is CSC1(CNc2cnn(-c3ccc(F)cc3F)c(=O)c2Cl)CC1. The average molecular weight is 358 g/mol. The Morgan fingerprint density at radius 1 is 1.43 bits per heavy atom. The first-order chi connectivity index (χ1) is 11.0. The summed E-state index contributed by atoms with van der Waals surface area (Å²) in [4.78, 5) is 12.3. The third-order valence-corrected chi connectivity index (χ3v) is 5.68. The van der Waals surface area contributed by atoms with Gasteiger partial charge in [-0.05, 0) is 31.2 Å². The standard InChI is InChI=1S/C15H14ClF2N3OS/c1-23-15(4-5-15)8-19-11-7-20-21(14(22)13(11)16)12-3-2-9(17)6-10(12)18/h2-3,6-7,19H,4-5,8H2,1H3. The van der Waals surface area contributed by atoms with E-state index in [1.54, 1.807) is 11.8 Å². The maximum Gasteiger partial charge on any atom is 0.292 e. The minimum absolute atomic E-state index is 0.0689. The molecule has 3 rings (SSSR count). The Bertz CT molecular complexity index is 808. The lowest BCUT2D eigenvalue weighted by molar-refractivity contribution is 0.571. The lowest BCUT2D eigenvalue weighted by Crippen LogP contribution is -2.25. The molecular weight excluding hydrogens is 344 g/mol.